The SMILES string of the molecule is S=C1N=NC(c2cccs2)N1C1CCCCC1. The fraction of sp³-hybridized carbons (Fsp3) is 0.583. The lowest BCUT2D eigenvalue weighted by molar-refractivity contribution is 0.209. The van der Waals surface area contributed by atoms with Gasteiger partial charge in [-0.25, -0.2) is 0 Å². The Balaban J connectivity index is 1.83. The summed E-state index contributed by atoms with van der Waals surface area (Å²) < 4.78 is 0. The third kappa shape index (κ3) is 2.13. The van der Waals surface area contributed by atoms with Crippen LogP contribution in [0.25, 0.3) is 0 Å². The van der Waals surface area contributed by atoms with E-state index < -0.39 is 0 Å². The fourth-order valence-corrected chi connectivity index (χ4v) is 3.71. The summed E-state index contributed by atoms with van der Waals surface area (Å²) in [6.07, 6.45) is 6.47. The third-order valence-corrected chi connectivity index (χ3v) is 4.71. The van der Waals surface area contributed by atoms with Gasteiger partial charge >= 0.3 is 0 Å². The minimum absolute atomic E-state index is 0.0469. The molecule has 3 rings (SSSR count). The molecule has 0 radical (unpaired) electrons. The van der Waals surface area contributed by atoms with Gasteiger partial charge in [0.15, 0.2) is 6.17 Å². The number of hydrogen-bond donors (Lipinski definition) is 0. The molecule has 3 nitrogen and oxygen atoms in total. The van der Waals surface area contributed by atoms with Crippen molar-refractivity contribution >= 4 is 28.7 Å². The van der Waals surface area contributed by atoms with Crippen molar-refractivity contribution in [1.82, 2.24) is 4.90 Å². The van der Waals surface area contributed by atoms with E-state index in [-0.39, 0.29) is 6.17 Å². The molecule has 1 aliphatic carbocycles. The van der Waals surface area contributed by atoms with Crippen molar-refractivity contribution in [3.63, 3.8) is 0 Å². The quantitative estimate of drug-likeness (QED) is 0.752. The minimum atomic E-state index is 0.0469. The molecule has 1 aromatic heterocycles. The van der Waals surface area contributed by atoms with Crippen molar-refractivity contribution in [2.24, 2.45) is 10.2 Å². The molecule has 90 valence electrons. The Labute approximate surface area is 111 Å². The van der Waals surface area contributed by atoms with E-state index in [1.165, 1.54) is 37.0 Å². The summed E-state index contributed by atoms with van der Waals surface area (Å²) in [4.78, 5) is 3.50. The molecule has 0 amide bonds. The molecule has 2 aliphatic rings. The Morgan fingerprint density at radius 1 is 1.29 bits per heavy atom. The molecule has 1 atom stereocenters. The highest BCUT2D eigenvalue weighted by Crippen LogP contribution is 2.37. The van der Waals surface area contributed by atoms with E-state index in [9.17, 15) is 0 Å². The van der Waals surface area contributed by atoms with Gasteiger partial charge in [-0.3, -0.25) is 0 Å². The van der Waals surface area contributed by atoms with Crippen LogP contribution >= 0.6 is 23.6 Å². The van der Waals surface area contributed by atoms with Crippen LogP contribution in [0.5, 0.6) is 0 Å². The average molecular weight is 265 g/mol. The fourth-order valence-electron chi connectivity index (χ4n) is 2.66. The molecule has 0 N–H and O–H groups in total. The number of hydrogen-bond acceptors (Lipinski definition) is 3. The first-order valence-corrected chi connectivity index (χ1v) is 7.41. The lowest BCUT2D eigenvalue weighted by atomic mass is 9.94. The number of thiocarbonyl (C=S) groups is 1. The normalized spacial score (nSPS) is 25.8. The van der Waals surface area contributed by atoms with Gasteiger partial charge in [0.2, 0.25) is 5.11 Å². The summed E-state index contributed by atoms with van der Waals surface area (Å²) in [7, 11) is 0. The summed E-state index contributed by atoms with van der Waals surface area (Å²) in [6.45, 7) is 0. The van der Waals surface area contributed by atoms with E-state index in [4.69, 9.17) is 12.2 Å². The zero-order valence-electron chi connectivity index (χ0n) is 9.58. The maximum Gasteiger partial charge on any atom is 0.218 e. The lowest BCUT2D eigenvalue weighted by Crippen LogP contribution is -2.38. The van der Waals surface area contributed by atoms with E-state index in [1.54, 1.807) is 11.3 Å². The minimum Gasteiger partial charge on any atom is -0.315 e. The summed E-state index contributed by atoms with van der Waals surface area (Å²) in [5, 5.41) is 11.2. The van der Waals surface area contributed by atoms with Crippen molar-refractivity contribution < 1.29 is 0 Å². The monoisotopic (exact) mass is 265 g/mol. The molecule has 17 heavy (non-hydrogen) atoms. The van der Waals surface area contributed by atoms with E-state index in [0.717, 1.165) is 0 Å². The Kier molecular flexibility index (Phi) is 3.20. The molecule has 2 heterocycles. The highest BCUT2D eigenvalue weighted by Gasteiger charge is 2.34. The zero-order chi connectivity index (χ0) is 11.7. The third-order valence-electron chi connectivity index (χ3n) is 3.50. The molecule has 1 aromatic rings. The molecule has 0 spiro atoms. The number of nitrogens with zero attached hydrogens (tertiary/aromatic N) is 3. The molecule has 0 bridgehead atoms. The van der Waals surface area contributed by atoms with Crippen LogP contribution in [0.15, 0.2) is 27.7 Å². The highest BCUT2D eigenvalue weighted by atomic mass is 32.1. The van der Waals surface area contributed by atoms with Crippen molar-refractivity contribution in [2.45, 2.75) is 44.3 Å². The van der Waals surface area contributed by atoms with Crippen LogP contribution in [0.4, 0.5) is 0 Å². The molecule has 1 unspecified atom stereocenters. The van der Waals surface area contributed by atoms with Gasteiger partial charge in [-0.2, -0.15) is 5.11 Å². The Bertz CT molecular complexity index is 421. The van der Waals surface area contributed by atoms with Gasteiger partial charge in [0, 0.05) is 6.04 Å². The first-order chi connectivity index (χ1) is 8.36. The standard InChI is InChI=1S/C12H15N3S2/c16-12-14-13-11(10-7-4-8-17-10)15(12)9-5-2-1-3-6-9/h4,7-9,11H,1-3,5-6H2. The number of azo groups is 1. The second-order valence-electron chi connectivity index (χ2n) is 4.59. The molecule has 5 heteroatoms. The van der Waals surface area contributed by atoms with Crippen LogP contribution in [0, 0.1) is 0 Å². The molecule has 1 fully saturated rings. The number of rotatable bonds is 2. The van der Waals surface area contributed by atoms with E-state index in [1.807, 2.05) is 0 Å². The summed E-state index contributed by atoms with van der Waals surface area (Å²) in [5.41, 5.74) is 0. The van der Waals surface area contributed by atoms with Crippen LogP contribution in [-0.2, 0) is 0 Å². The van der Waals surface area contributed by atoms with Crippen LogP contribution in [-0.4, -0.2) is 16.1 Å². The molecular weight excluding hydrogens is 250 g/mol. The van der Waals surface area contributed by atoms with Crippen molar-refractivity contribution in [3.8, 4) is 0 Å². The van der Waals surface area contributed by atoms with E-state index >= 15 is 0 Å². The Hall–Kier alpha value is -0.810. The first-order valence-electron chi connectivity index (χ1n) is 6.13. The van der Waals surface area contributed by atoms with Gasteiger partial charge in [-0.1, -0.05) is 25.3 Å². The maximum absolute atomic E-state index is 5.34. The van der Waals surface area contributed by atoms with Crippen molar-refractivity contribution in [3.05, 3.63) is 22.4 Å². The second-order valence-corrected chi connectivity index (χ2v) is 5.93. The van der Waals surface area contributed by atoms with Crippen LogP contribution in [0.1, 0.15) is 43.1 Å². The predicted molar refractivity (Wildman–Crippen MR) is 73.2 cm³/mol. The van der Waals surface area contributed by atoms with Crippen LogP contribution < -0.4 is 0 Å². The number of thiophene rings is 1. The molecule has 0 aromatic carbocycles. The zero-order valence-corrected chi connectivity index (χ0v) is 11.2. The summed E-state index contributed by atoms with van der Waals surface area (Å²) >= 11 is 7.08. The summed E-state index contributed by atoms with van der Waals surface area (Å²) in [6, 6.07) is 4.73. The van der Waals surface area contributed by atoms with Crippen LogP contribution in [0.3, 0.4) is 0 Å². The van der Waals surface area contributed by atoms with Gasteiger partial charge in [0.05, 0.1) is 4.88 Å². The molecular formula is C12H15N3S2. The van der Waals surface area contributed by atoms with Crippen molar-refractivity contribution in [1.29, 1.82) is 0 Å². The molecule has 0 saturated heterocycles. The largest absolute Gasteiger partial charge is 0.315 e. The lowest BCUT2D eigenvalue weighted by Gasteiger charge is -2.34. The van der Waals surface area contributed by atoms with Crippen molar-refractivity contribution in [2.75, 3.05) is 0 Å². The first kappa shape index (κ1) is 11.3. The summed E-state index contributed by atoms with van der Waals surface area (Å²) in [5.74, 6) is 0. The predicted octanol–water partition coefficient (Wildman–Crippen LogP) is 4.13. The topological polar surface area (TPSA) is 28.0 Å². The average Bonchev–Trinajstić information content (AvgIpc) is 2.98. The van der Waals surface area contributed by atoms with Gasteiger partial charge in [0.25, 0.3) is 0 Å². The second kappa shape index (κ2) is 4.82. The van der Waals surface area contributed by atoms with Gasteiger partial charge in [-0.05, 0) is 36.5 Å². The van der Waals surface area contributed by atoms with E-state index in [2.05, 4.69) is 32.6 Å². The van der Waals surface area contributed by atoms with Gasteiger partial charge in [-0.15, -0.1) is 16.5 Å². The highest BCUT2D eigenvalue weighted by molar-refractivity contribution is 7.80. The smallest absolute Gasteiger partial charge is 0.218 e. The molecule has 1 saturated carbocycles. The van der Waals surface area contributed by atoms with Crippen LogP contribution in [0.2, 0.25) is 0 Å². The Morgan fingerprint density at radius 2 is 2.12 bits per heavy atom. The van der Waals surface area contributed by atoms with Gasteiger partial charge in [0.1, 0.15) is 0 Å². The van der Waals surface area contributed by atoms with Gasteiger partial charge < -0.3 is 4.90 Å². The Morgan fingerprint density at radius 3 is 2.82 bits per heavy atom. The maximum atomic E-state index is 5.34. The van der Waals surface area contributed by atoms with E-state index in [0.29, 0.717) is 11.2 Å². The molecule has 1 aliphatic heterocycles.